The first-order valence-electron chi connectivity index (χ1n) is 5.69. The Morgan fingerprint density at radius 3 is 2.65 bits per heavy atom. The number of carbonyl (C=O) groups excluding carboxylic acids is 1. The van der Waals surface area contributed by atoms with Crippen molar-refractivity contribution in [2.24, 2.45) is 0 Å². The molecule has 0 aliphatic carbocycles. The van der Waals surface area contributed by atoms with Crippen molar-refractivity contribution < 1.29 is 9.53 Å². The highest BCUT2D eigenvalue weighted by molar-refractivity contribution is 6.32. The Morgan fingerprint density at radius 1 is 1.47 bits per heavy atom. The molecule has 1 rings (SSSR count). The number of rotatable bonds is 4. The van der Waals surface area contributed by atoms with Gasteiger partial charge >= 0.3 is 0 Å². The standard InChI is InChI=1S/C13H18ClNO2/c1-5-17-12-6-9(4)10(7-11(12)14)13(16)15-8(2)3/h6-8H,5H2,1-4H3,(H,15,16). The summed E-state index contributed by atoms with van der Waals surface area (Å²) < 4.78 is 5.37. The summed E-state index contributed by atoms with van der Waals surface area (Å²) in [4.78, 5) is 11.9. The van der Waals surface area contributed by atoms with Gasteiger partial charge in [-0.3, -0.25) is 4.79 Å². The lowest BCUT2D eigenvalue weighted by atomic mass is 10.1. The molecular weight excluding hydrogens is 238 g/mol. The van der Waals surface area contributed by atoms with Crippen LogP contribution in [0.2, 0.25) is 5.02 Å². The van der Waals surface area contributed by atoms with Crippen molar-refractivity contribution >= 4 is 17.5 Å². The molecule has 0 aliphatic rings. The smallest absolute Gasteiger partial charge is 0.251 e. The van der Waals surface area contributed by atoms with Gasteiger partial charge in [-0.1, -0.05) is 11.6 Å². The Morgan fingerprint density at radius 2 is 2.12 bits per heavy atom. The lowest BCUT2D eigenvalue weighted by molar-refractivity contribution is 0.0942. The van der Waals surface area contributed by atoms with Gasteiger partial charge in [0.15, 0.2) is 0 Å². The number of halogens is 1. The lowest BCUT2D eigenvalue weighted by Crippen LogP contribution is -2.30. The van der Waals surface area contributed by atoms with Crippen molar-refractivity contribution in [3.05, 3.63) is 28.3 Å². The molecule has 0 heterocycles. The zero-order valence-electron chi connectivity index (χ0n) is 10.6. The van der Waals surface area contributed by atoms with Crippen LogP contribution >= 0.6 is 11.6 Å². The molecule has 0 fully saturated rings. The zero-order valence-corrected chi connectivity index (χ0v) is 11.4. The topological polar surface area (TPSA) is 38.3 Å². The fourth-order valence-corrected chi connectivity index (χ4v) is 1.72. The van der Waals surface area contributed by atoms with Gasteiger partial charge in [0.05, 0.1) is 11.6 Å². The van der Waals surface area contributed by atoms with Crippen LogP contribution in [0.4, 0.5) is 0 Å². The molecule has 1 aromatic carbocycles. The van der Waals surface area contributed by atoms with E-state index in [2.05, 4.69) is 5.32 Å². The van der Waals surface area contributed by atoms with Crippen LogP contribution in [-0.2, 0) is 0 Å². The Balaban J connectivity index is 3.02. The SMILES string of the molecule is CCOc1cc(C)c(C(=O)NC(C)C)cc1Cl. The predicted molar refractivity (Wildman–Crippen MR) is 70.0 cm³/mol. The van der Waals surface area contributed by atoms with Crippen LogP contribution in [0.1, 0.15) is 36.7 Å². The molecule has 0 bridgehead atoms. The molecule has 1 aromatic rings. The molecule has 0 atom stereocenters. The monoisotopic (exact) mass is 255 g/mol. The van der Waals surface area contributed by atoms with E-state index < -0.39 is 0 Å². The summed E-state index contributed by atoms with van der Waals surface area (Å²) in [5, 5.41) is 3.30. The average Bonchev–Trinajstić information content (AvgIpc) is 2.22. The van der Waals surface area contributed by atoms with Crippen molar-refractivity contribution in [1.29, 1.82) is 0 Å². The van der Waals surface area contributed by atoms with E-state index >= 15 is 0 Å². The second kappa shape index (κ2) is 5.92. The normalized spacial score (nSPS) is 10.5. The van der Waals surface area contributed by atoms with E-state index in [1.807, 2.05) is 27.7 Å². The van der Waals surface area contributed by atoms with Crippen LogP contribution in [0.3, 0.4) is 0 Å². The van der Waals surface area contributed by atoms with Gasteiger partial charge in [-0.05, 0) is 45.4 Å². The van der Waals surface area contributed by atoms with E-state index in [-0.39, 0.29) is 11.9 Å². The maximum atomic E-state index is 11.9. The summed E-state index contributed by atoms with van der Waals surface area (Å²) in [6.07, 6.45) is 0. The number of carbonyl (C=O) groups is 1. The first-order chi connectivity index (χ1) is 7.95. The maximum absolute atomic E-state index is 11.9. The largest absolute Gasteiger partial charge is 0.492 e. The minimum atomic E-state index is -0.109. The quantitative estimate of drug-likeness (QED) is 0.897. The summed E-state index contributed by atoms with van der Waals surface area (Å²) in [5.41, 5.74) is 1.45. The molecule has 0 unspecified atom stereocenters. The van der Waals surface area contributed by atoms with Crippen LogP contribution in [0.5, 0.6) is 5.75 Å². The number of benzene rings is 1. The number of amides is 1. The molecule has 94 valence electrons. The van der Waals surface area contributed by atoms with Crippen LogP contribution in [0.25, 0.3) is 0 Å². The molecule has 0 aliphatic heterocycles. The van der Waals surface area contributed by atoms with Crippen molar-refractivity contribution in [2.45, 2.75) is 33.7 Å². The minimum absolute atomic E-state index is 0.104. The van der Waals surface area contributed by atoms with Gasteiger partial charge < -0.3 is 10.1 Å². The van der Waals surface area contributed by atoms with Crippen LogP contribution in [0, 0.1) is 6.92 Å². The highest BCUT2D eigenvalue weighted by Crippen LogP contribution is 2.28. The van der Waals surface area contributed by atoms with Crippen molar-refractivity contribution in [2.75, 3.05) is 6.61 Å². The van der Waals surface area contributed by atoms with Crippen molar-refractivity contribution in [3.63, 3.8) is 0 Å². The zero-order chi connectivity index (χ0) is 13.0. The number of hydrogen-bond donors (Lipinski definition) is 1. The Bertz CT molecular complexity index is 416. The molecule has 17 heavy (non-hydrogen) atoms. The Labute approximate surface area is 107 Å². The molecule has 1 N–H and O–H groups in total. The second-order valence-corrected chi connectivity index (χ2v) is 4.57. The van der Waals surface area contributed by atoms with E-state index in [1.54, 1.807) is 12.1 Å². The molecule has 0 saturated carbocycles. The second-order valence-electron chi connectivity index (χ2n) is 4.16. The Hall–Kier alpha value is -1.22. The fourth-order valence-electron chi connectivity index (χ4n) is 1.51. The highest BCUT2D eigenvalue weighted by atomic mass is 35.5. The van der Waals surface area contributed by atoms with Crippen molar-refractivity contribution in [1.82, 2.24) is 5.32 Å². The van der Waals surface area contributed by atoms with E-state index in [4.69, 9.17) is 16.3 Å². The van der Waals surface area contributed by atoms with E-state index in [0.717, 1.165) is 5.56 Å². The third kappa shape index (κ3) is 3.63. The van der Waals surface area contributed by atoms with Gasteiger partial charge in [-0.15, -0.1) is 0 Å². The van der Waals surface area contributed by atoms with Crippen molar-refractivity contribution in [3.8, 4) is 5.75 Å². The van der Waals surface area contributed by atoms with Gasteiger partial charge in [-0.2, -0.15) is 0 Å². The minimum Gasteiger partial charge on any atom is -0.492 e. The van der Waals surface area contributed by atoms with Crippen LogP contribution in [-0.4, -0.2) is 18.6 Å². The van der Waals surface area contributed by atoms with Gasteiger partial charge in [0.1, 0.15) is 5.75 Å². The molecule has 0 saturated heterocycles. The third-order valence-corrected chi connectivity index (χ3v) is 2.54. The van der Waals surface area contributed by atoms with Crippen LogP contribution < -0.4 is 10.1 Å². The lowest BCUT2D eigenvalue weighted by Gasteiger charge is -2.13. The first kappa shape index (κ1) is 13.8. The van der Waals surface area contributed by atoms with E-state index in [9.17, 15) is 4.79 Å². The number of nitrogens with one attached hydrogen (secondary N) is 1. The van der Waals surface area contributed by atoms with Gasteiger partial charge in [0, 0.05) is 11.6 Å². The van der Waals surface area contributed by atoms with Crippen LogP contribution in [0.15, 0.2) is 12.1 Å². The number of hydrogen-bond acceptors (Lipinski definition) is 2. The average molecular weight is 256 g/mol. The molecule has 1 amide bonds. The summed E-state index contributed by atoms with van der Waals surface area (Å²) in [6, 6.07) is 3.55. The maximum Gasteiger partial charge on any atom is 0.251 e. The molecule has 0 aromatic heterocycles. The summed E-state index contributed by atoms with van der Waals surface area (Å²) in [7, 11) is 0. The molecule has 0 spiro atoms. The van der Waals surface area contributed by atoms with E-state index in [1.165, 1.54) is 0 Å². The summed E-state index contributed by atoms with van der Waals surface area (Å²) in [5.74, 6) is 0.509. The molecule has 3 nitrogen and oxygen atoms in total. The van der Waals surface area contributed by atoms with Gasteiger partial charge in [0.25, 0.3) is 5.91 Å². The first-order valence-corrected chi connectivity index (χ1v) is 6.07. The summed E-state index contributed by atoms with van der Waals surface area (Å²) >= 11 is 6.06. The van der Waals surface area contributed by atoms with E-state index in [0.29, 0.717) is 22.9 Å². The molecule has 4 heteroatoms. The Kier molecular flexibility index (Phi) is 4.82. The predicted octanol–water partition coefficient (Wildman–Crippen LogP) is 3.19. The number of aryl methyl sites for hydroxylation is 1. The third-order valence-electron chi connectivity index (χ3n) is 2.24. The van der Waals surface area contributed by atoms with Gasteiger partial charge in [0.2, 0.25) is 0 Å². The fraction of sp³-hybridized carbons (Fsp3) is 0.462. The molecular formula is C13H18ClNO2. The highest BCUT2D eigenvalue weighted by Gasteiger charge is 2.13. The molecule has 0 radical (unpaired) electrons. The van der Waals surface area contributed by atoms with Gasteiger partial charge in [-0.25, -0.2) is 0 Å². The number of ether oxygens (including phenoxy) is 1. The summed E-state index contributed by atoms with van der Waals surface area (Å²) in [6.45, 7) is 8.16.